The number of aromatic nitrogens is 3. The highest BCUT2D eigenvalue weighted by molar-refractivity contribution is 7.13. The minimum absolute atomic E-state index is 0.324. The molecule has 0 amide bonds. The van der Waals surface area contributed by atoms with E-state index in [9.17, 15) is 0 Å². The molecule has 0 aliphatic carbocycles. The van der Waals surface area contributed by atoms with Gasteiger partial charge < -0.3 is 14.8 Å². The number of rotatable bonds is 2. The molecule has 0 atom stereocenters. The van der Waals surface area contributed by atoms with Gasteiger partial charge in [0.05, 0.1) is 5.56 Å². The normalized spacial score (nSPS) is 10.9. The Kier molecular flexibility index (Phi) is 2.22. The summed E-state index contributed by atoms with van der Waals surface area (Å²) in [5.41, 5.74) is 7.32. The average molecular weight is 246 g/mol. The Bertz CT molecular complexity index is 638. The number of anilines is 1. The standard InChI is InChI=1S/C11H10N4OS/c1-15-5-4-13-11(15)9-8(10(12)16-14-9)7-3-2-6-17-7/h2-6H,12H2,1H3. The smallest absolute Gasteiger partial charge is 0.231 e. The van der Waals surface area contributed by atoms with E-state index in [2.05, 4.69) is 10.1 Å². The van der Waals surface area contributed by atoms with Crippen LogP contribution in [0.5, 0.6) is 0 Å². The Morgan fingerprint density at radius 1 is 1.47 bits per heavy atom. The van der Waals surface area contributed by atoms with Gasteiger partial charge in [0.1, 0.15) is 0 Å². The lowest BCUT2D eigenvalue weighted by Crippen LogP contribution is -1.93. The van der Waals surface area contributed by atoms with Crippen LogP contribution in [0.2, 0.25) is 0 Å². The van der Waals surface area contributed by atoms with Crippen molar-refractivity contribution >= 4 is 17.2 Å². The zero-order valence-electron chi connectivity index (χ0n) is 9.12. The number of hydrogen-bond donors (Lipinski definition) is 1. The molecule has 0 aromatic carbocycles. The molecule has 17 heavy (non-hydrogen) atoms. The number of thiophene rings is 1. The second-order valence-corrected chi connectivity index (χ2v) is 4.56. The summed E-state index contributed by atoms with van der Waals surface area (Å²) in [7, 11) is 1.91. The van der Waals surface area contributed by atoms with E-state index in [0.29, 0.717) is 11.6 Å². The molecular formula is C11H10N4OS. The highest BCUT2D eigenvalue weighted by Gasteiger charge is 2.20. The topological polar surface area (TPSA) is 69.9 Å². The molecule has 2 N–H and O–H groups in total. The zero-order chi connectivity index (χ0) is 11.8. The van der Waals surface area contributed by atoms with Gasteiger partial charge in [-0.25, -0.2) is 4.98 Å². The molecule has 0 bridgehead atoms. The number of nitrogen functional groups attached to an aromatic ring is 1. The molecule has 3 aromatic rings. The van der Waals surface area contributed by atoms with Gasteiger partial charge in [0.25, 0.3) is 0 Å². The molecule has 0 saturated heterocycles. The van der Waals surface area contributed by atoms with Crippen LogP contribution in [0.25, 0.3) is 22.0 Å². The van der Waals surface area contributed by atoms with Crippen LogP contribution < -0.4 is 5.73 Å². The van der Waals surface area contributed by atoms with Gasteiger partial charge in [-0.3, -0.25) is 0 Å². The number of nitrogens with zero attached hydrogens (tertiary/aromatic N) is 3. The van der Waals surface area contributed by atoms with E-state index in [1.165, 1.54) is 0 Å². The summed E-state index contributed by atoms with van der Waals surface area (Å²) in [5.74, 6) is 1.07. The second-order valence-electron chi connectivity index (χ2n) is 3.61. The van der Waals surface area contributed by atoms with E-state index in [0.717, 1.165) is 16.3 Å². The minimum atomic E-state index is 0.324. The van der Waals surface area contributed by atoms with Crippen LogP contribution in [0.3, 0.4) is 0 Å². The average Bonchev–Trinajstić information content (AvgIpc) is 2.98. The summed E-state index contributed by atoms with van der Waals surface area (Å²) in [6, 6.07) is 3.95. The summed E-state index contributed by atoms with van der Waals surface area (Å²) in [5, 5.41) is 5.99. The molecule has 3 rings (SSSR count). The molecule has 0 saturated carbocycles. The fourth-order valence-electron chi connectivity index (χ4n) is 1.71. The predicted octanol–water partition coefficient (Wildman–Crippen LogP) is 2.39. The number of aryl methyl sites for hydroxylation is 1. The second kappa shape index (κ2) is 3.74. The maximum Gasteiger partial charge on any atom is 0.231 e. The third-order valence-electron chi connectivity index (χ3n) is 2.52. The van der Waals surface area contributed by atoms with Crippen molar-refractivity contribution < 1.29 is 4.52 Å². The Balaban J connectivity index is 2.23. The van der Waals surface area contributed by atoms with Gasteiger partial charge in [0, 0.05) is 24.3 Å². The molecular weight excluding hydrogens is 236 g/mol. The molecule has 0 fully saturated rings. The van der Waals surface area contributed by atoms with Crippen molar-refractivity contribution in [3.8, 4) is 22.0 Å². The van der Waals surface area contributed by atoms with E-state index >= 15 is 0 Å². The van der Waals surface area contributed by atoms with Crippen molar-refractivity contribution in [1.82, 2.24) is 14.7 Å². The van der Waals surface area contributed by atoms with Crippen LogP contribution in [0.1, 0.15) is 0 Å². The first kappa shape index (κ1) is 10.1. The zero-order valence-corrected chi connectivity index (χ0v) is 9.94. The maximum absolute atomic E-state index is 5.83. The highest BCUT2D eigenvalue weighted by atomic mass is 32.1. The van der Waals surface area contributed by atoms with E-state index in [4.69, 9.17) is 10.3 Å². The first-order valence-corrected chi connectivity index (χ1v) is 5.92. The van der Waals surface area contributed by atoms with Gasteiger partial charge in [-0.1, -0.05) is 11.2 Å². The summed E-state index contributed by atoms with van der Waals surface area (Å²) < 4.78 is 6.96. The third-order valence-corrected chi connectivity index (χ3v) is 3.41. The third kappa shape index (κ3) is 1.53. The van der Waals surface area contributed by atoms with Crippen molar-refractivity contribution in [3.63, 3.8) is 0 Å². The highest BCUT2D eigenvalue weighted by Crippen LogP contribution is 2.37. The molecule has 3 aromatic heterocycles. The van der Waals surface area contributed by atoms with E-state index in [1.807, 2.05) is 35.3 Å². The van der Waals surface area contributed by atoms with Crippen molar-refractivity contribution in [2.24, 2.45) is 7.05 Å². The van der Waals surface area contributed by atoms with Gasteiger partial charge in [-0.15, -0.1) is 11.3 Å². The van der Waals surface area contributed by atoms with E-state index in [1.54, 1.807) is 17.5 Å². The first-order valence-electron chi connectivity index (χ1n) is 5.04. The SMILES string of the molecule is Cn1ccnc1-c1noc(N)c1-c1cccs1. The quantitative estimate of drug-likeness (QED) is 0.753. The fraction of sp³-hybridized carbons (Fsp3) is 0.0909. The van der Waals surface area contributed by atoms with Gasteiger partial charge in [-0.05, 0) is 11.4 Å². The van der Waals surface area contributed by atoms with Crippen LogP contribution in [0.15, 0.2) is 34.4 Å². The Hall–Kier alpha value is -2.08. The Morgan fingerprint density at radius 2 is 2.35 bits per heavy atom. The number of imidazole rings is 1. The van der Waals surface area contributed by atoms with Crippen molar-refractivity contribution in [2.75, 3.05) is 5.73 Å². The van der Waals surface area contributed by atoms with Crippen LogP contribution in [0.4, 0.5) is 5.88 Å². The van der Waals surface area contributed by atoms with Crippen molar-refractivity contribution in [2.45, 2.75) is 0 Å². The Labute approximate surface area is 101 Å². The minimum Gasteiger partial charge on any atom is -0.367 e. The van der Waals surface area contributed by atoms with Gasteiger partial charge in [0.15, 0.2) is 11.5 Å². The van der Waals surface area contributed by atoms with E-state index < -0.39 is 0 Å². The van der Waals surface area contributed by atoms with Gasteiger partial charge in [0.2, 0.25) is 5.88 Å². The molecule has 5 nitrogen and oxygen atoms in total. The lowest BCUT2D eigenvalue weighted by Gasteiger charge is -1.99. The summed E-state index contributed by atoms with van der Waals surface area (Å²) in [6.07, 6.45) is 3.58. The number of hydrogen-bond acceptors (Lipinski definition) is 5. The van der Waals surface area contributed by atoms with Crippen molar-refractivity contribution in [1.29, 1.82) is 0 Å². The summed E-state index contributed by atoms with van der Waals surface area (Å²) in [4.78, 5) is 5.29. The van der Waals surface area contributed by atoms with E-state index in [-0.39, 0.29) is 0 Å². The van der Waals surface area contributed by atoms with Crippen LogP contribution in [-0.2, 0) is 7.05 Å². The molecule has 0 aliphatic rings. The largest absolute Gasteiger partial charge is 0.367 e. The lowest BCUT2D eigenvalue weighted by atomic mass is 10.2. The Morgan fingerprint density at radius 3 is 3.00 bits per heavy atom. The first-order chi connectivity index (χ1) is 8.27. The predicted molar refractivity (Wildman–Crippen MR) is 66.4 cm³/mol. The fourth-order valence-corrected chi connectivity index (χ4v) is 2.48. The molecule has 0 unspecified atom stereocenters. The van der Waals surface area contributed by atoms with Crippen LogP contribution >= 0.6 is 11.3 Å². The molecule has 86 valence electrons. The number of nitrogens with two attached hydrogens (primary N) is 1. The molecule has 3 heterocycles. The van der Waals surface area contributed by atoms with Gasteiger partial charge in [-0.2, -0.15) is 0 Å². The van der Waals surface area contributed by atoms with Gasteiger partial charge >= 0.3 is 0 Å². The summed E-state index contributed by atoms with van der Waals surface area (Å²) >= 11 is 1.60. The lowest BCUT2D eigenvalue weighted by molar-refractivity contribution is 0.438. The maximum atomic E-state index is 5.83. The van der Waals surface area contributed by atoms with Crippen LogP contribution in [0, 0.1) is 0 Å². The molecule has 0 radical (unpaired) electrons. The molecule has 0 spiro atoms. The molecule has 0 aliphatic heterocycles. The monoisotopic (exact) mass is 246 g/mol. The van der Waals surface area contributed by atoms with Crippen molar-refractivity contribution in [3.05, 3.63) is 29.9 Å². The van der Waals surface area contributed by atoms with Crippen LogP contribution in [-0.4, -0.2) is 14.7 Å². The molecule has 6 heteroatoms. The summed E-state index contributed by atoms with van der Waals surface area (Å²) in [6.45, 7) is 0.